The van der Waals surface area contributed by atoms with Crippen molar-refractivity contribution in [1.82, 2.24) is 0 Å². The van der Waals surface area contributed by atoms with E-state index in [9.17, 15) is 5.26 Å². The predicted molar refractivity (Wildman–Crippen MR) is 124 cm³/mol. The Morgan fingerprint density at radius 1 is 0.833 bits per heavy atom. The molecule has 0 atom stereocenters. The summed E-state index contributed by atoms with van der Waals surface area (Å²) in [5.74, 6) is 0. The second kappa shape index (κ2) is 7.04. The maximum Gasteiger partial charge on any atom is 0.0991 e. The maximum atomic E-state index is 9.54. The van der Waals surface area contributed by atoms with Gasteiger partial charge in [-0.2, -0.15) is 5.26 Å². The molecule has 0 spiro atoms. The van der Waals surface area contributed by atoms with Crippen LogP contribution in [0.5, 0.6) is 0 Å². The van der Waals surface area contributed by atoms with Crippen molar-refractivity contribution in [2.45, 2.75) is 32.1 Å². The highest BCUT2D eigenvalue weighted by Crippen LogP contribution is 2.52. The summed E-state index contributed by atoms with van der Waals surface area (Å²) in [6.45, 7) is 4.60. The lowest BCUT2D eigenvalue weighted by Gasteiger charge is -2.42. The van der Waals surface area contributed by atoms with Crippen LogP contribution in [0, 0.1) is 11.3 Å². The van der Waals surface area contributed by atoms with Gasteiger partial charge in [0, 0.05) is 11.0 Å². The van der Waals surface area contributed by atoms with Gasteiger partial charge in [-0.25, -0.2) is 0 Å². The first-order chi connectivity index (χ1) is 14.6. The average Bonchev–Trinajstić information content (AvgIpc) is 2.80. The number of para-hydroxylation sites is 2. The van der Waals surface area contributed by atoms with E-state index in [0.29, 0.717) is 5.56 Å². The number of allylic oxidation sites excluding steroid dienone is 4. The maximum absolute atomic E-state index is 9.54. The summed E-state index contributed by atoms with van der Waals surface area (Å²) in [4.78, 5) is 2.37. The zero-order valence-electron chi connectivity index (χ0n) is 17.4. The number of hydrogen-bond donors (Lipinski definition) is 0. The highest BCUT2D eigenvalue weighted by atomic mass is 15.2. The zero-order valence-corrected chi connectivity index (χ0v) is 17.4. The number of anilines is 3. The molecule has 0 saturated heterocycles. The summed E-state index contributed by atoms with van der Waals surface area (Å²) in [5.41, 5.74) is 9.04. The number of hydrogen-bond acceptors (Lipinski definition) is 2. The first kappa shape index (κ1) is 18.5. The van der Waals surface area contributed by atoms with Gasteiger partial charge >= 0.3 is 0 Å². The molecule has 3 aromatic rings. The first-order valence-corrected chi connectivity index (χ1v) is 10.5. The summed E-state index contributed by atoms with van der Waals surface area (Å²) >= 11 is 0. The van der Waals surface area contributed by atoms with Crippen LogP contribution < -0.4 is 4.90 Å². The normalized spacial score (nSPS) is 16.3. The molecule has 2 nitrogen and oxygen atoms in total. The van der Waals surface area contributed by atoms with E-state index in [1.807, 2.05) is 12.1 Å². The quantitative estimate of drug-likeness (QED) is 0.457. The fraction of sp³-hybridized carbons (Fsp3) is 0.179. The lowest BCUT2D eigenvalue weighted by molar-refractivity contribution is 0.632. The third-order valence-electron chi connectivity index (χ3n) is 6.31. The topological polar surface area (TPSA) is 27.0 Å². The summed E-state index contributed by atoms with van der Waals surface area (Å²) in [6.07, 6.45) is 8.79. The van der Waals surface area contributed by atoms with Crippen LogP contribution in [0.15, 0.2) is 85.0 Å². The molecule has 0 radical (unpaired) electrons. The summed E-state index contributed by atoms with van der Waals surface area (Å²) in [7, 11) is 0. The average molecular weight is 389 g/mol. The van der Waals surface area contributed by atoms with Gasteiger partial charge in [-0.1, -0.05) is 68.5 Å². The summed E-state index contributed by atoms with van der Waals surface area (Å²) in [6, 6.07) is 25.7. The molecule has 5 rings (SSSR count). The van der Waals surface area contributed by atoms with Crippen molar-refractivity contribution in [3.63, 3.8) is 0 Å². The summed E-state index contributed by atoms with van der Waals surface area (Å²) < 4.78 is 0. The Morgan fingerprint density at radius 2 is 1.50 bits per heavy atom. The van der Waals surface area contributed by atoms with Crippen LogP contribution >= 0.6 is 0 Å². The van der Waals surface area contributed by atoms with E-state index in [0.717, 1.165) is 24.1 Å². The minimum Gasteiger partial charge on any atom is -0.309 e. The largest absolute Gasteiger partial charge is 0.309 e. The van der Waals surface area contributed by atoms with Gasteiger partial charge in [-0.3, -0.25) is 0 Å². The third kappa shape index (κ3) is 2.78. The van der Waals surface area contributed by atoms with Crippen molar-refractivity contribution in [3.8, 4) is 6.07 Å². The van der Waals surface area contributed by atoms with Crippen LogP contribution in [0.25, 0.3) is 5.57 Å². The monoisotopic (exact) mass is 388 g/mol. The fourth-order valence-electron chi connectivity index (χ4n) is 4.77. The van der Waals surface area contributed by atoms with Crippen molar-refractivity contribution >= 4 is 22.6 Å². The number of nitrogens with zero attached hydrogens (tertiary/aromatic N) is 2. The molecule has 0 N–H and O–H groups in total. The second-order valence-corrected chi connectivity index (χ2v) is 8.48. The van der Waals surface area contributed by atoms with Crippen LogP contribution in [0.2, 0.25) is 0 Å². The number of benzene rings is 3. The number of rotatable bonds is 2. The standard InChI is InChI=1S/C28H24N2/c1-28(2)23-12-6-8-14-26(23)30(27-15-9-7-13-24(27)28)25-17-16-20(19-29)18-22(25)21-10-4-3-5-11-21/h4,6-18H,3,5H2,1-2H3. The smallest absolute Gasteiger partial charge is 0.0991 e. The van der Waals surface area contributed by atoms with Crippen LogP contribution in [-0.4, -0.2) is 0 Å². The van der Waals surface area contributed by atoms with Crippen LogP contribution in [0.1, 0.15) is 48.9 Å². The lowest BCUT2D eigenvalue weighted by Crippen LogP contribution is -2.30. The molecule has 30 heavy (non-hydrogen) atoms. The summed E-state index contributed by atoms with van der Waals surface area (Å²) in [5, 5.41) is 9.54. The van der Waals surface area contributed by atoms with E-state index in [1.54, 1.807) is 0 Å². The SMILES string of the molecule is CC1(C)c2ccccc2N(c2ccc(C#N)cc2C2=CCCC=C2)c2ccccc21. The van der Waals surface area contributed by atoms with Crippen LogP contribution in [0.4, 0.5) is 17.1 Å². The molecule has 3 aromatic carbocycles. The zero-order chi connectivity index (χ0) is 20.7. The van der Waals surface area contributed by atoms with Gasteiger partial charge in [0.1, 0.15) is 0 Å². The second-order valence-electron chi connectivity index (χ2n) is 8.48. The molecule has 0 amide bonds. The highest BCUT2D eigenvalue weighted by Gasteiger charge is 2.37. The van der Waals surface area contributed by atoms with E-state index < -0.39 is 0 Å². The van der Waals surface area contributed by atoms with Crippen molar-refractivity contribution in [1.29, 1.82) is 5.26 Å². The molecular weight excluding hydrogens is 364 g/mol. The molecule has 146 valence electrons. The molecule has 0 fully saturated rings. The fourth-order valence-corrected chi connectivity index (χ4v) is 4.77. The Hall–Kier alpha value is -3.57. The van der Waals surface area contributed by atoms with Gasteiger partial charge in [-0.15, -0.1) is 0 Å². The van der Waals surface area contributed by atoms with Crippen LogP contribution in [-0.2, 0) is 5.41 Å². The minimum atomic E-state index is -0.0829. The first-order valence-electron chi connectivity index (χ1n) is 10.5. The van der Waals surface area contributed by atoms with Gasteiger partial charge in [0.2, 0.25) is 0 Å². The van der Waals surface area contributed by atoms with Gasteiger partial charge < -0.3 is 4.90 Å². The Morgan fingerprint density at radius 3 is 2.10 bits per heavy atom. The molecule has 1 heterocycles. The van der Waals surface area contributed by atoms with Crippen molar-refractivity contribution in [2.75, 3.05) is 4.90 Å². The molecule has 0 aromatic heterocycles. The molecule has 2 heteroatoms. The molecule has 1 aliphatic heterocycles. The van der Waals surface area contributed by atoms with Gasteiger partial charge in [0.15, 0.2) is 0 Å². The molecule has 0 unspecified atom stereocenters. The van der Waals surface area contributed by atoms with Gasteiger partial charge in [0.25, 0.3) is 0 Å². The van der Waals surface area contributed by atoms with Gasteiger partial charge in [-0.05, 0) is 59.9 Å². The van der Waals surface area contributed by atoms with Gasteiger partial charge in [0.05, 0.1) is 28.7 Å². The highest BCUT2D eigenvalue weighted by molar-refractivity contribution is 5.93. The van der Waals surface area contributed by atoms with E-state index >= 15 is 0 Å². The van der Waals surface area contributed by atoms with Crippen molar-refractivity contribution in [3.05, 3.63) is 107 Å². The van der Waals surface area contributed by atoms with Crippen LogP contribution in [0.3, 0.4) is 0 Å². The Labute approximate surface area is 178 Å². The molecule has 0 saturated carbocycles. The van der Waals surface area contributed by atoms with E-state index in [1.165, 1.54) is 28.1 Å². The number of fused-ring (bicyclic) bond motifs is 2. The third-order valence-corrected chi connectivity index (χ3v) is 6.31. The molecule has 0 bridgehead atoms. The van der Waals surface area contributed by atoms with E-state index in [4.69, 9.17) is 0 Å². The number of nitriles is 1. The van der Waals surface area contributed by atoms with E-state index in [-0.39, 0.29) is 5.41 Å². The minimum absolute atomic E-state index is 0.0829. The Bertz CT molecular complexity index is 1190. The molecule has 1 aliphatic carbocycles. The molecular formula is C28H24N2. The lowest BCUT2D eigenvalue weighted by atomic mass is 9.73. The van der Waals surface area contributed by atoms with Crippen molar-refractivity contribution in [2.24, 2.45) is 0 Å². The Kier molecular flexibility index (Phi) is 4.33. The van der Waals surface area contributed by atoms with Crippen molar-refractivity contribution < 1.29 is 0 Å². The molecule has 2 aliphatic rings. The predicted octanol–water partition coefficient (Wildman–Crippen LogP) is 7.40. The Balaban J connectivity index is 1.81. The van der Waals surface area contributed by atoms with E-state index in [2.05, 4.69) is 97.6 Å².